The first-order valence-electron chi connectivity index (χ1n) is 9.14. The van der Waals surface area contributed by atoms with E-state index in [1.165, 1.54) is 5.56 Å². The summed E-state index contributed by atoms with van der Waals surface area (Å²) >= 11 is 0. The fraction of sp³-hybridized carbons (Fsp3) is 0.381. The molecular formula is C21H27N3O2. The number of phenolic OH excluding ortho intramolecular Hbond substituents is 1. The fourth-order valence-corrected chi connectivity index (χ4v) is 3.28. The van der Waals surface area contributed by atoms with Gasteiger partial charge in [0, 0.05) is 18.5 Å². The summed E-state index contributed by atoms with van der Waals surface area (Å²) in [6.07, 6.45) is 0.902. The number of benzene rings is 2. The summed E-state index contributed by atoms with van der Waals surface area (Å²) in [5.74, 6) is 2.09. The zero-order valence-electron chi connectivity index (χ0n) is 15.7. The number of hydrogen-bond acceptors (Lipinski definition) is 3. The Bertz CT molecular complexity index is 779. The third kappa shape index (κ3) is 4.10. The molecular weight excluding hydrogens is 326 g/mol. The Labute approximate surface area is 155 Å². The Morgan fingerprint density at radius 2 is 1.96 bits per heavy atom. The molecule has 5 heteroatoms. The molecule has 0 aromatic heterocycles. The quantitative estimate of drug-likeness (QED) is 0.580. The second-order valence-electron chi connectivity index (χ2n) is 6.65. The van der Waals surface area contributed by atoms with Crippen molar-refractivity contribution in [3.05, 3.63) is 58.7 Å². The first-order valence-corrected chi connectivity index (χ1v) is 9.14. The minimum atomic E-state index is 0.182. The SMILES string of the molecule is CCNC(=NCc1cc(C)c(O)c(C)c1)NC1CCOc2ccccc21. The predicted octanol–water partition coefficient (Wildman–Crippen LogP) is 3.59. The van der Waals surface area contributed by atoms with Gasteiger partial charge in [-0.05, 0) is 43.5 Å². The highest BCUT2D eigenvalue weighted by atomic mass is 16.5. The van der Waals surface area contributed by atoms with Crippen molar-refractivity contribution in [1.29, 1.82) is 0 Å². The third-order valence-electron chi connectivity index (χ3n) is 4.58. The van der Waals surface area contributed by atoms with Crippen LogP contribution in [-0.4, -0.2) is 24.2 Å². The lowest BCUT2D eigenvalue weighted by Crippen LogP contribution is -2.41. The van der Waals surface area contributed by atoms with Gasteiger partial charge in [0.15, 0.2) is 5.96 Å². The van der Waals surface area contributed by atoms with E-state index in [9.17, 15) is 5.11 Å². The van der Waals surface area contributed by atoms with E-state index in [4.69, 9.17) is 9.73 Å². The van der Waals surface area contributed by atoms with Crippen LogP contribution < -0.4 is 15.4 Å². The summed E-state index contributed by atoms with van der Waals surface area (Å²) < 4.78 is 5.74. The number of hydrogen-bond donors (Lipinski definition) is 3. The molecule has 0 radical (unpaired) electrons. The van der Waals surface area contributed by atoms with Gasteiger partial charge in [-0.3, -0.25) is 0 Å². The minimum Gasteiger partial charge on any atom is -0.507 e. The van der Waals surface area contributed by atoms with Gasteiger partial charge < -0.3 is 20.5 Å². The number of nitrogens with zero attached hydrogens (tertiary/aromatic N) is 1. The highest BCUT2D eigenvalue weighted by Gasteiger charge is 2.21. The van der Waals surface area contributed by atoms with Crippen LogP contribution in [0.3, 0.4) is 0 Å². The molecule has 3 N–H and O–H groups in total. The second-order valence-corrected chi connectivity index (χ2v) is 6.65. The van der Waals surface area contributed by atoms with Crippen LogP contribution in [0.25, 0.3) is 0 Å². The highest BCUT2D eigenvalue weighted by molar-refractivity contribution is 5.80. The molecule has 1 unspecified atom stereocenters. The van der Waals surface area contributed by atoms with Gasteiger partial charge >= 0.3 is 0 Å². The second kappa shape index (κ2) is 8.13. The van der Waals surface area contributed by atoms with Crippen molar-refractivity contribution in [2.24, 2.45) is 4.99 Å². The van der Waals surface area contributed by atoms with Gasteiger partial charge in [0.2, 0.25) is 0 Å². The number of guanidine groups is 1. The number of para-hydroxylation sites is 1. The number of aromatic hydroxyl groups is 1. The molecule has 0 aliphatic carbocycles. The number of aryl methyl sites for hydroxylation is 2. The van der Waals surface area contributed by atoms with Crippen LogP contribution in [0, 0.1) is 13.8 Å². The molecule has 1 aliphatic heterocycles. The van der Waals surface area contributed by atoms with Gasteiger partial charge in [-0.15, -0.1) is 0 Å². The van der Waals surface area contributed by atoms with Crippen LogP contribution in [0.1, 0.15) is 41.6 Å². The number of rotatable bonds is 4. The number of phenols is 1. The van der Waals surface area contributed by atoms with Crippen molar-refractivity contribution in [1.82, 2.24) is 10.6 Å². The van der Waals surface area contributed by atoms with Crippen LogP contribution in [0.15, 0.2) is 41.4 Å². The molecule has 0 spiro atoms. The average molecular weight is 353 g/mol. The highest BCUT2D eigenvalue weighted by Crippen LogP contribution is 2.31. The van der Waals surface area contributed by atoms with Crippen molar-refractivity contribution in [3.63, 3.8) is 0 Å². The van der Waals surface area contributed by atoms with Gasteiger partial charge in [-0.25, -0.2) is 4.99 Å². The summed E-state index contributed by atoms with van der Waals surface area (Å²) in [6, 6.07) is 12.3. The lowest BCUT2D eigenvalue weighted by atomic mass is 10.0. The van der Waals surface area contributed by atoms with Crippen LogP contribution in [-0.2, 0) is 6.54 Å². The van der Waals surface area contributed by atoms with Crippen LogP contribution >= 0.6 is 0 Å². The molecule has 2 aromatic carbocycles. The Kier molecular flexibility index (Phi) is 5.66. The molecule has 26 heavy (non-hydrogen) atoms. The molecule has 1 heterocycles. The molecule has 2 aromatic rings. The van der Waals surface area contributed by atoms with E-state index < -0.39 is 0 Å². The molecule has 5 nitrogen and oxygen atoms in total. The molecule has 0 amide bonds. The third-order valence-corrected chi connectivity index (χ3v) is 4.58. The predicted molar refractivity (Wildman–Crippen MR) is 105 cm³/mol. The standard InChI is InChI=1S/C21H27N3O2/c1-4-22-21(23-13-16-11-14(2)20(25)15(3)12-16)24-18-9-10-26-19-8-6-5-7-17(18)19/h5-8,11-12,18,25H,4,9-10,13H2,1-3H3,(H2,22,23,24). The van der Waals surface area contributed by atoms with E-state index in [1.54, 1.807) is 0 Å². The van der Waals surface area contributed by atoms with Gasteiger partial charge in [-0.1, -0.05) is 30.3 Å². The molecule has 1 aliphatic rings. The van der Waals surface area contributed by atoms with E-state index >= 15 is 0 Å². The smallest absolute Gasteiger partial charge is 0.192 e. The van der Waals surface area contributed by atoms with Crippen molar-refractivity contribution < 1.29 is 9.84 Å². The van der Waals surface area contributed by atoms with E-state index in [1.807, 2.05) is 44.2 Å². The summed E-state index contributed by atoms with van der Waals surface area (Å²) in [4.78, 5) is 4.73. The summed E-state index contributed by atoms with van der Waals surface area (Å²) in [6.45, 7) is 7.94. The van der Waals surface area contributed by atoms with Crippen molar-refractivity contribution in [3.8, 4) is 11.5 Å². The summed E-state index contributed by atoms with van der Waals surface area (Å²) in [5.41, 5.74) is 4.01. The number of aliphatic imine (C=N–C) groups is 1. The Morgan fingerprint density at radius 3 is 2.69 bits per heavy atom. The summed E-state index contributed by atoms with van der Waals surface area (Å²) in [5, 5.41) is 16.8. The Balaban J connectivity index is 1.76. The van der Waals surface area contributed by atoms with Crippen LogP contribution in [0.5, 0.6) is 11.5 Å². The van der Waals surface area contributed by atoms with Crippen LogP contribution in [0.4, 0.5) is 0 Å². The Morgan fingerprint density at radius 1 is 1.23 bits per heavy atom. The molecule has 3 rings (SSSR count). The molecule has 1 atom stereocenters. The maximum atomic E-state index is 9.93. The van der Waals surface area contributed by atoms with Crippen molar-refractivity contribution in [2.75, 3.05) is 13.2 Å². The molecule has 0 saturated heterocycles. The Hall–Kier alpha value is -2.69. The summed E-state index contributed by atoms with van der Waals surface area (Å²) in [7, 11) is 0. The first-order chi connectivity index (χ1) is 12.6. The van der Waals surface area contributed by atoms with Gasteiger partial charge in [-0.2, -0.15) is 0 Å². The zero-order valence-corrected chi connectivity index (χ0v) is 15.7. The van der Waals surface area contributed by atoms with Gasteiger partial charge in [0.1, 0.15) is 11.5 Å². The van der Waals surface area contributed by atoms with E-state index in [0.717, 1.165) is 41.4 Å². The molecule has 0 fully saturated rings. The fourth-order valence-electron chi connectivity index (χ4n) is 3.28. The molecule has 138 valence electrons. The van der Waals surface area contributed by atoms with E-state index in [-0.39, 0.29) is 6.04 Å². The number of ether oxygens (including phenoxy) is 1. The average Bonchev–Trinajstić information content (AvgIpc) is 2.64. The topological polar surface area (TPSA) is 65.9 Å². The van der Waals surface area contributed by atoms with Crippen molar-refractivity contribution >= 4 is 5.96 Å². The minimum absolute atomic E-state index is 0.182. The largest absolute Gasteiger partial charge is 0.507 e. The lowest BCUT2D eigenvalue weighted by molar-refractivity contribution is 0.261. The monoisotopic (exact) mass is 353 g/mol. The van der Waals surface area contributed by atoms with Crippen LogP contribution in [0.2, 0.25) is 0 Å². The molecule has 0 saturated carbocycles. The number of nitrogens with one attached hydrogen (secondary N) is 2. The van der Waals surface area contributed by atoms with E-state index in [2.05, 4.69) is 23.6 Å². The number of fused-ring (bicyclic) bond motifs is 1. The molecule has 0 bridgehead atoms. The maximum absolute atomic E-state index is 9.93. The zero-order chi connectivity index (χ0) is 18.5. The van der Waals surface area contributed by atoms with Crippen molar-refractivity contribution in [2.45, 2.75) is 39.8 Å². The maximum Gasteiger partial charge on any atom is 0.192 e. The first kappa shape index (κ1) is 18.1. The van der Waals surface area contributed by atoms with Gasteiger partial charge in [0.25, 0.3) is 0 Å². The van der Waals surface area contributed by atoms with E-state index in [0.29, 0.717) is 18.9 Å². The lowest BCUT2D eigenvalue weighted by Gasteiger charge is -2.28. The normalized spacial score (nSPS) is 16.6. The van der Waals surface area contributed by atoms with Gasteiger partial charge in [0.05, 0.1) is 19.2 Å².